The molecule has 0 bridgehead atoms. The molecule has 25 heavy (non-hydrogen) atoms. The van der Waals surface area contributed by atoms with Gasteiger partial charge in [-0.15, -0.1) is 11.3 Å². The van der Waals surface area contributed by atoms with Gasteiger partial charge >= 0.3 is 0 Å². The third-order valence-corrected chi connectivity index (χ3v) is 5.09. The van der Waals surface area contributed by atoms with Crippen LogP contribution in [0.4, 0.5) is 0 Å². The van der Waals surface area contributed by atoms with Crippen LogP contribution >= 0.6 is 38.9 Å². The van der Waals surface area contributed by atoms with E-state index in [0.29, 0.717) is 17.5 Å². The van der Waals surface area contributed by atoms with E-state index in [0.717, 1.165) is 33.9 Å². The molecule has 0 atom stereocenters. The summed E-state index contributed by atoms with van der Waals surface area (Å²) < 4.78 is 6.65. The first-order chi connectivity index (χ1) is 11.9. The summed E-state index contributed by atoms with van der Waals surface area (Å²) in [6.45, 7) is 9.90. The van der Waals surface area contributed by atoms with Crippen LogP contribution in [0, 0.1) is 5.92 Å². The molecule has 0 aliphatic heterocycles. The molecule has 1 aromatic heterocycles. The van der Waals surface area contributed by atoms with Gasteiger partial charge in [0.05, 0.1) is 10.7 Å². The zero-order valence-corrected chi connectivity index (χ0v) is 19.1. The van der Waals surface area contributed by atoms with E-state index in [1.807, 2.05) is 46.1 Å². The maximum absolute atomic E-state index is 6.38. The molecule has 2 aromatic rings. The number of hydrogen-bond donors (Lipinski definition) is 0. The summed E-state index contributed by atoms with van der Waals surface area (Å²) in [6.07, 6.45) is 1.01. The average molecular weight is 448 g/mol. The Hall–Kier alpha value is -0.620. The molecule has 0 N–H and O–H groups in total. The van der Waals surface area contributed by atoms with Crippen molar-refractivity contribution in [2.24, 2.45) is 5.92 Å². The van der Waals surface area contributed by atoms with Crippen molar-refractivity contribution in [3.8, 4) is 17.0 Å². The monoisotopic (exact) mass is 446 g/mol. The van der Waals surface area contributed by atoms with E-state index in [1.165, 1.54) is 4.88 Å². The van der Waals surface area contributed by atoms with Crippen LogP contribution in [-0.4, -0.2) is 37.1 Å². The summed E-state index contributed by atoms with van der Waals surface area (Å²) >= 11 is 11.6. The van der Waals surface area contributed by atoms with E-state index in [-0.39, 0.29) is 0 Å². The number of likely N-dealkylation sites (N-methyl/N-ethyl adjacent to an activating group) is 1. The molecular weight excluding hydrogens is 420 g/mol. The van der Waals surface area contributed by atoms with Crippen LogP contribution in [0.5, 0.6) is 5.75 Å². The number of hydrogen-bond acceptors (Lipinski definition) is 4. The Labute approximate surface area is 169 Å². The molecular formula is C19H28BrClN2OS. The highest BCUT2D eigenvalue weighted by Crippen LogP contribution is 2.36. The molecule has 0 saturated heterocycles. The molecule has 0 spiro atoms. The highest BCUT2D eigenvalue weighted by atomic mass is 79.9. The normalized spacial score (nSPS) is 10.8. The lowest BCUT2D eigenvalue weighted by Crippen LogP contribution is -2.19. The Morgan fingerprint density at radius 1 is 1.28 bits per heavy atom. The average Bonchev–Trinajstić information content (AvgIpc) is 2.90. The zero-order chi connectivity index (χ0) is 19.0. The van der Waals surface area contributed by atoms with Gasteiger partial charge in [-0.2, -0.15) is 0 Å². The Morgan fingerprint density at radius 3 is 2.52 bits per heavy atom. The fourth-order valence-electron chi connectivity index (χ4n) is 2.16. The van der Waals surface area contributed by atoms with E-state index < -0.39 is 0 Å². The molecule has 0 saturated carbocycles. The predicted octanol–water partition coefficient (Wildman–Crippen LogP) is 6.39. The van der Waals surface area contributed by atoms with Crippen LogP contribution in [0.2, 0.25) is 5.02 Å². The van der Waals surface area contributed by atoms with Crippen molar-refractivity contribution in [3.63, 3.8) is 0 Å². The summed E-state index contributed by atoms with van der Waals surface area (Å²) in [4.78, 5) is 7.98. The van der Waals surface area contributed by atoms with E-state index in [9.17, 15) is 0 Å². The topological polar surface area (TPSA) is 25.4 Å². The quantitative estimate of drug-likeness (QED) is 0.491. The van der Waals surface area contributed by atoms with Gasteiger partial charge in [-0.25, -0.2) is 4.98 Å². The SMILES string of the molecule is CC.CC(C)Cc1sc(Br)nc1-c1ccc(OCCN(C)C)c(Cl)c1. The molecule has 0 unspecified atom stereocenters. The van der Waals surface area contributed by atoms with E-state index in [1.54, 1.807) is 11.3 Å². The Morgan fingerprint density at radius 2 is 1.96 bits per heavy atom. The van der Waals surface area contributed by atoms with Crippen LogP contribution in [-0.2, 0) is 6.42 Å². The molecule has 140 valence electrons. The minimum absolute atomic E-state index is 0.588. The Kier molecular flexibility index (Phi) is 10.0. The molecule has 0 aliphatic carbocycles. The second-order valence-corrected chi connectivity index (χ2v) is 8.90. The van der Waals surface area contributed by atoms with Crippen molar-refractivity contribution in [3.05, 3.63) is 32.0 Å². The minimum atomic E-state index is 0.588. The molecule has 0 fully saturated rings. The lowest BCUT2D eigenvalue weighted by Gasteiger charge is -2.13. The Balaban J connectivity index is 0.00000151. The minimum Gasteiger partial charge on any atom is -0.491 e. The van der Waals surface area contributed by atoms with Crippen LogP contribution in [0.15, 0.2) is 22.1 Å². The maximum atomic E-state index is 6.38. The number of halogens is 2. The van der Waals surface area contributed by atoms with Gasteiger partial charge in [0.15, 0.2) is 3.92 Å². The summed E-state index contributed by atoms with van der Waals surface area (Å²) in [5, 5.41) is 0.626. The van der Waals surface area contributed by atoms with E-state index >= 15 is 0 Å². The standard InChI is InChI=1S/C17H22BrClN2OS.C2H6/c1-11(2)9-15-16(20-17(18)23-15)12-5-6-14(13(19)10-12)22-8-7-21(3)4;1-2/h5-6,10-11H,7-9H2,1-4H3;1-2H3. The van der Waals surface area contributed by atoms with Gasteiger partial charge < -0.3 is 9.64 Å². The molecule has 6 heteroatoms. The second-order valence-electron chi connectivity index (χ2n) is 6.13. The summed E-state index contributed by atoms with van der Waals surface area (Å²) in [7, 11) is 4.04. The predicted molar refractivity (Wildman–Crippen MR) is 114 cm³/mol. The van der Waals surface area contributed by atoms with Crippen LogP contribution in [0.25, 0.3) is 11.3 Å². The lowest BCUT2D eigenvalue weighted by molar-refractivity contribution is 0.261. The fraction of sp³-hybridized carbons (Fsp3) is 0.526. The van der Waals surface area contributed by atoms with Crippen molar-refractivity contribution in [2.45, 2.75) is 34.1 Å². The highest BCUT2D eigenvalue weighted by molar-refractivity contribution is 9.11. The van der Waals surface area contributed by atoms with Gasteiger partial charge in [-0.05, 0) is 60.6 Å². The number of ether oxygens (including phenoxy) is 1. The Bertz CT molecular complexity index is 659. The largest absolute Gasteiger partial charge is 0.491 e. The third kappa shape index (κ3) is 7.26. The second kappa shape index (κ2) is 11.2. The van der Waals surface area contributed by atoms with Crippen molar-refractivity contribution in [1.29, 1.82) is 0 Å². The number of thiazole rings is 1. The van der Waals surface area contributed by atoms with Gasteiger partial charge in [-0.1, -0.05) is 39.3 Å². The first-order valence-corrected chi connectivity index (χ1v) is 10.6. The number of nitrogens with zero attached hydrogens (tertiary/aromatic N) is 2. The molecule has 0 radical (unpaired) electrons. The summed E-state index contributed by atoms with van der Waals surface area (Å²) in [5.74, 6) is 1.31. The van der Waals surface area contributed by atoms with Crippen molar-refractivity contribution >= 4 is 38.9 Å². The number of benzene rings is 1. The van der Waals surface area contributed by atoms with Gasteiger partial charge in [0.1, 0.15) is 12.4 Å². The van der Waals surface area contributed by atoms with Gasteiger partial charge in [0.25, 0.3) is 0 Å². The molecule has 1 aromatic carbocycles. The van der Waals surface area contributed by atoms with E-state index in [4.69, 9.17) is 16.3 Å². The lowest BCUT2D eigenvalue weighted by atomic mass is 10.0. The molecule has 0 amide bonds. The highest BCUT2D eigenvalue weighted by Gasteiger charge is 2.15. The van der Waals surface area contributed by atoms with Gasteiger partial charge in [0.2, 0.25) is 0 Å². The summed E-state index contributed by atoms with van der Waals surface area (Å²) in [6, 6.07) is 5.90. The van der Waals surface area contributed by atoms with Crippen LogP contribution in [0.3, 0.4) is 0 Å². The van der Waals surface area contributed by atoms with Crippen molar-refractivity contribution in [1.82, 2.24) is 9.88 Å². The molecule has 2 rings (SSSR count). The molecule has 1 heterocycles. The zero-order valence-electron chi connectivity index (χ0n) is 15.9. The number of aromatic nitrogens is 1. The molecule has 3 nitrogen and oxygen atoms in total. The first kappa shape index (κ1) is 22.4. The smallest absolute Gasteiger partial charge is 0.160 e. The third-order valence-electron chi connectivity index (χ3n) is 3.27. The van der Waals surface area contributed by atoms with Crippen LogP contribution < -0.4 is 4.74 Å². The van der Waals surface area contributed by atoms with Crippen molar-refractivity contribution in [2.75, 3.05) is 27.2 Å². The fourth-order valence-corrected chi connectivity index (χ4v) is 4.18. The maximum Gasteiger partial charge on any atom is 0.160 e. The van der Waals surface area contributed by atoms with Crippen molar-refractivity contribution < 1.29 is 4.74 Å². The molecule has 0 aliphatic rings. The number of rotatable bonds is 7. The first-order valence-electron chi connectivity index (χ1n) is 8.59. The van der Waals surface area contributed by atoms with E-state index in [2.05, 4.69) is 39.7 Å². The van der Waals surface area contributed by atoms with Crippen LogP contribution in [0.1, 0.15) is 32.6 Å². The van der Waals surface area contributed by atoms with Gasteiger partial charge in [0, 0.05) is 17.0 Å². The van der Waals surface area contributed by atoms with Gasteiger partial charge in [-0.3, -0.25) is 0 Å². The summed E-state index contributed by atoms with van der Waals surface area (Å²) in [5.41, 5.74) is 2.05.